The summed E-state index contributed by atoms with van der Waals surface area (Å²) in [4.78, 5) is 1.34. The topological polar surface area (TPSA) is 12.0 Å². The molecule has 0 aliphatic rings. The van der Waals surface area contributed by atoms with Gasteiger partial charge in [-0.15, -0.1) is 11.8 Å². The Hall–Kier alpha value is -1.25. The SMILES string of the molecule is CCNCc1ccc(SCc2ccc(CC)cc2)cc1. The summed E-state index contributed by atoms with van der Waals surface area (Å²) in [6.07, 6.45) is 1.11. The molecule has 0 bridgehead atoms. The molecular weight excluding hydrogens is 262 g/mol. The lowest BCUT2D eigenvalue weighted by Gasteiger charge is -2.05. The molecule has 0 amide bonds. The standard InChI is InChI=1S/C18H23NS/c1-3-15-5-7-17(8-6-15)14-20-18-11-9-16(10-12-18)13-19-4-2/h5-12,19H,3-4,13-14H2,1-2H3. The van der Waals surface area contributed by atoms with Crippen LogP contribution in [0.15, 0.2) is 53.4 Å². The third kappa shape index (κ3) is 4.69. The first-order valence-corrected chi connectivity index (χ1v) is 8.30. The maximum atomic E-state index is 3.35. The van der Waals surface area contributed by atoms with Crippen LogP contribution >= 0.6 is 11.8 Å². The minimum absolute atomic E-state index is 0.958. The van der Waals surface area contributed by atoms with Gasteiger partial charge in [-0.1, -0.05) is 50.2 Å². The maximum absolute atomic E-state index is 3.35. The highest BCUT2D eigenvalue weighted by Crippen LogP contribution is 2.23. The normalized spacial score (nSPS) is 10.7. The Balaban J connectivity index is 1.86. The molecule has 0 unspecified atom stereocenters. The van der Waals surface area contributed by atoms with Crippen LogP contribution in [0.3, 0.4) is 0 Å². The van der Waals surface area contributed by atoms with E-state index in [1.807, 2.05) is 11.8 Å². The average Bonchev–Trinajstić information content (AvgIpc) is 2.52. The van der Waals surface area contributed by atoms with Crippen LogP contribution in [-0.4, -0.2) is 6.54 Å². The predicted octanol–water partition coefficient (Wildman–Crippen LogP) is 4.65. The van der Waals surface area contributed by atoms with E-state index >= 15 is 0 Å². The quantitative estimate of drug-likeness (QED) is 0.743. The molecule has 0 aromatic heterocycles. The molecule has 2 aromatic carbocycles. The average molecular weight is 285 g/mol. The first kappa shape index (κ1) is 15.1. The predicted molar refractivity (Wildman–Crippen MR) is 89.2 cm³/mol. The molecule has 0 saturated heterocycles. The van der Waals surface area contributed by atoms with E-state index in [4.69, 9.17) is 0 Å². The fraction of sp³-hybridized carbons (Fsp3) is 0.333. The molecule has 106 valence electrons. The molecule has 0 spiro atoms. The Morgan fingerprint density at radius 1 is 0.800 bits per heavy atom. The fourth-order valence-electron chi connectivity index (χ4n) is 2.01. The molecule has 2 rings (SSSR count). The van der Waals surface area contributed by atoms with E-state index in [0.717, 1.165) is 25.3 Å². The van der Waals surface area contributed by atoms with Crippen LogP contribution in [-0.2, 0) is 18.7 Å². The highest BCUT2D eigenvalue weighted by molar-refractivity contribution is 7.98. The number of aryl methyl sites for hydroxylation is 1. The molecule has 0 aliphatic heterocycles. The summed E-state index contributed by atoms with van der Waals surface area (Å²) in [6.45, 7) is 6.30. The second-order valence-electron chi connectivity index (χ2n) is 4.88. The van der Waals surface area contributed by atoms with E-state index in [1.54, 1.807) is 0 Å². The fourth-order valence-corrected chi connectivity index (χ4v) is 2.87. The van der Waals surface area contributed by atoms with E-state index in [2.05, 4.69) is 67.7 Å². The van der Waals surface area contributed by atoms with Crippen molar-refractivity contribution < 1.29 is 0 Å². The Kier molecular flexibility index (Phi) is 6.16. The van der Waals surface area contributed by atoms with Gasteiger partial charge in [0.05, 0.1) is 0 Å². The van der Waals surface area contributed by atoms with Crippen molar-refractivity contribution in [1.82, 2.24) is 5.32 Å². The second kappa shape index (κ2) is 8.13. The molecule has 0 saturated carbocycles. The van der Waals surface area contributed by atoms with Gasteiger partial charge < -0.3 is 5.32 Å². The van der Waals surface area contributed by atoms with Gasteiger partial charge in [-0.05, 0) is 41.8 Å². The summed E-state index contributed by atoms with van der Waals surface area (Å²) in [5, 5.41) is 3.35. The van der Waals surface area contributed by atoms with Crippen LogP contribution in [0.5, 0.6) is 0 Å². The molecule has 2 heteroatoms. The third-order valence-corrected chi connectivity index (χ3v) is 4.42. The highest BCUT2D eigenvalue weighted by atomic mass is 32.2. The van der Waals surface area contributed by atoms with Crippen LogP contribution in [0.1, 0.15) is 30.5 Å². The summed E-state index contributed by atoms with van der Waals surface area (Å²) < 4.78 is 0. The Labute approximate surface area is 126 Å². The van der Waals surface area contributed by atoms with Crippen molar-refractivity contribution in [3.63, 3.8) is 0 Å². The third-order valence-electron chi connectivity index (χ3n) is 3.34. The minimum atomic E-state index is 0.958. The molecule has 1 N–H and O–H groups in total. The molecule has 0 radical (unpaired) electrons. The van der Waals surface area contributed by atoms with Crippen LogP contribution < -0.4 is 5.32 Å². The van der Waals surface area contributed by atoms with E-state index < -0.39 is 0 Å². The molecule has 1 nitrogen and oxygen atoms in total. The first-order valence-electron chi connectivity index (χ1n) is 7.32. The van der Waals surface area contributed by atoms with Crippen LogP contribution in [0.4, 0.5) is 0 Å². The Morgan fingerprint density at radius 2 is 1.40 bits per heavy atom. The zero-order chi connectivity index (χ0) is 14.2. The number of hydrogen-bond donors (Lipinski definition) is 1. The van der Waals surface area contributed by atoms with Gasteiger partial charge in [0, 0.05) is 17.2 Å². The summed E-state index contributed by atoms with van der Waals surface area (Å²) in [5.41, 5.74) is 4.15. The number of nitrogens with one attached hydrogen (secondary N) is 1. The minimum Gasteiger partial charge on any atom is -0.313 e. The lowest BCUT2D eigenvalue weighted by atomic mass is 10.1. The van der Waals surface area contributed by atoms with Crippen molar-refractivity contribution in [2.75, 3.05) is 6.54 Å². The van der Waals surface area contributed by atoms with Crippen LogP contribution in [0, 0.1) is 0 Å². The van der Waals surface area contributed by atoms with E-state index in [9.17, 15) is 0 Å². The number of rotatable bonds is 7. The molecule has 0 atom stereocenters. The van der Waals surface area contributed by atoms with Crippen molar-refractivity contribution in [3.8, 4) is 0 Å². The molecule has 20 heavy (non-hydrogen) atoms. The van der Waals surface area contributed by atoms with Gasteiger partial charge in [-0.25, -0.2) is 0 Å². The second-order valence-corrected chi connectivity index (χ2v) is 5.93. The zero-order valence-corrected chi connectivity index (χ0v) is 13.2. The Morgan fingerprint density at radius 3 is 2.00 bits per heavy atom. The van der Waals surface area contributed by atoms with E-state index in [1.165, 1.54) is 21.6 Å². The maximum Gasteiger partial charge on any atom is 0.0231 e. The van der Waals surface area contributed by atoms with Gasteiger partial charge in [-0.3, -0.25) is 0 Å². The smallest absolute Gasteiger partial charge is 0.0231 e. The summed E-state index contributed by atoms with van der Waals surface area (Å²) in [5.74, 6) is 1.04. The van der Waals surface area contributed by atoms with Gasteiger partial charge >= 0.3 is 0 Å². The molecule has 0 fully saturated rings. The molecule has 0 aliphatic carbocycles. The van der Waals surface area contributed by atoms with Gasteiger partial charge in [0.15, 0.2) is 0 Å². The molecule has 0 heterocycles. The van der Waals surface area contributed by atoms with Crippen molar-refractivity contribution in [2.24, 2.45) is 0 Å². The summed E-state index contributed by atoms with van der Waals surface area (Å²) in [6, 6.07) is 17.8. The van der Waals surface area contributed by atoms with Gasteiger partial charge in [0.2, 0.25) is 0 Å². The van der Waals surface area contributed by atoms with Crippen molar-refractivity contribution in [1.29, 1.82) is 0 Å². The molecular formula is C18H23NS. The number of hydrogen-bond acceptors (Lipinski definition) is 2. The summed E-state index contributed by atoms with van der Waals surface area (Å²) >= 11 is 1.90. The summed E-state index contributed by atoms with van der Waals surface area (Å²) in [7, 11) is 0. The molecule has 2 aromatic rings. The van der Waals surface area contributed by atoms with Crippen molar-refractivity contribution >= 4 is 11.8 Å². The van der Waals surface area contributed by atoms with Gasteiger partial charge in [0.1, 0.15) is 0 Å². The van der Waals surface area contributed by atoms with Crippen LogP contribution in [0.2, 0.25) is 0 Å². The first-order chi connectivity index (χ1) is 9.81. The van der Waals surface area contributed by atoms with Crippen molar-refractivity contribution in [3.05, 3.63) is 65.2 Å². The van der Waals surface area contributed by atoms with E-state index in [0.29, 0.717) is 0 Å². The van der Waals surface area contributed by atoms with Crippen molar-refractivity contribution in [2.45, 2.75) is 37.5 Å². The number of benzene rings is 2. The zero-order valence-electron chi connectivity index (χ0n) is 12.4. The lowest BCUT2D eigenvalue weighted by Crippen LogP contribution is -2.11. The van der Waals surface area contributed by atoms with Crippen LogP contribution in [0.25, 0.3) is 0 Å². The van der Waals surface area contributed by atoms with E-state index in [-0.39, 0.29) is 0 Å². The monoisotopic (exact) mass is 285 g/mol. The largest absolute Gasteiger partial charge is 0.313 e. The highest BCUT2D eigenvalue weighted by Gasteiger charge is 1.98. The number of thioether (sulfide) groups is 1. The van der Waals surface area contributed by atoms with Gasteiger partial charge in [0.25, 0.3) is 0 Å². The Bertz CT molecular complexity index is 502. The van der Waals surface area contributed by atoms with Gasteiger partial charge in [-0.2, -0.15) is 0 Å². The lowest BCUT2D eigenvalue weighted by molar-refractivity contribution is 0.726.